The summed E-state index contributed by atoms with van der Waals surface area (Å²) in [6, 6.07) is 13.8. The Balaban J connectivity index is 1.38. The molecular formula is C53H72N2O13. The van der Waals surface area contributed by atoms with Crippen molar-refractivity contribution in [3.63, 3.8) is 0 Å². The first-order chi connectivity index (χ1) is 32.3. The van der Waals surface area contributed by atoms with Gasteiger partial charge in [-0.2, -0.15) is 0 Å². The van der Waals surface area contributed by atoms with Crippen molar-refractivity contribution in [2.75, 3.05) is 20.3 Å². The molecule has 1 aliphatic carbocycles. The number of fused-ring (bicyclic) bond motifs is 1. The number of rotatable bonds is 23. The van der Waals surface area contributed by atoms with Gasteiger partial charge in [-0.3, -0.25) is 14.4 Å². The molecule has 0 bridgehead atoms. The molecule has 2 aliphatic heterocycles. The van der Waals surface area contributed by atoms with Gasteiger partial charge in [0, 0.05) is 56.2 Å². The topological polar surface area (TPSA) is 193 Å². The van der Waals surface area contributed by atoms with Crippen LogP contribution < -0.4 is 5.32 Å². The number of aliphatic hydroxyl groups is 1. The fourth-order valence-corrected chi connectivity index (χ4v) is 8.58. The lowest BCUT2D eigenvalue weighted by molar-refractivity contribution is -0.190. The van der Waals surface area contributed by atoms with Gasteiger partial charge in [0.1, 0.15) is 36.6 Å². The molecule has 2 aromatic carbocycles. The minimum Gasteiger partial charge on any atom is -0.462 e. The summed E-state index contributed by atoms with van der Waals surface area (Å²) in [4.78, 5) is 81.5. The van der Waals surface area contributed by atoms with E-state index < -0.39 is 95.6 Å². The van der Waals surface area contributed by atoms with Crippen molar-refractivity contribution in [1.82, 2.24) is 10.2 Å². The number of nitrogens with zero attached hydrogens (tertiary/aromatic N) is 1. The molecule has 0 radical (unpaired) electrons. The normalized spacial score (nSPS) is 21.5. The lowest BCUT2D eigenvalue weighted by Crippen LogP contribution is -2.53. The van der Waals surface area contributed by atoms with Gasteiger partial charge in [-0.1, -0.05) is 95.8 Å². The number of cyclic esters (lactones) is 1. The molecule has 372 valence electrons. The second-order valence-electron chi connectivity index (χ2n) is 19.8. The summed E-state index contributed by atoms with van der Waals surface area (Å²) < 4.78 is 35.8. The number of amides is 2. The molecule has 0 aromatic heterocycles. The maximum absolute atomic E-state index is 14.8. The number of hydrogen-bond acceptors (Lipinski definition) is 13. The van der Waals surface area contributed by atoms with Crippen LogP contribution >= 0.6 is 0 Å². The van der Waals surface area contributed by atoms with E-state index in [1.165, 1.54) is 17.1 Å². The van der Waals surface area contributed by atoms with Gasteiger partial charge in [-0.15, -0.1) is 0 Å². The van der Waals surface area contributed by atoms with Crippen LogP contribution in [0.25, 0.3) is 6.08 Å². The smallest absolute Gasteiger partial charge is 0.348 e. The molecule has 2 fully saturated rings. The molecule has 6 atom stereocenters. The second kappa shape index (κ2) is 24.3. The average Bonchev–Trinajstić information content (AvgIpc) is 3.80. The van der Waals surface area contributed by atoms with Crippen molar-refractivity contribution < 1.29 is 62.3 Å². The standard InChI is InChI=1S/C53H72N2O13/c1-9-11-16-28-53(29-17-12-10-2)66-42-32-38(48(60)55(8)40(30-36-18-14-13-15-19-36)47(59)54-39(33-56)25-27-44(58)67-51(3,4)5)31-41(45(42)68-53)64-49(61)37-23-20-35(21-24-37)22-26-43(57)65-46-50(62)63-34-52(46,6)7/h13-15,18-24,26,32,39-42,45-46,56H,9-12,16-17,25,27-31,33-34H2,1-8H3,(H,54,59). The molecule has 5 rings (SSSR count). The minimum absolute atomic E-state index is 0.0253. The predicted molar refractivity (Wildman–Crippen MR) is 254 cm³/mol. The van der Waals surface area contributed by atoms with Crippen LogP contribution in [0.3, 0.4) is 0 Å². The first-order valence-electron chi connectivity index (χ1n) is 24.1. The van der Waals surface area contributed by atoms with Crippen molar-refractivity contribution in [2.24, 2.45) is 5.41 Å². The van der Waals surface area contributed by atoms with Crippen LogP contribution in [0.1, 0.15) is 141 Å². The third-order valence-electron chi connectivity index (χ3n) is 12.4. The predicted octanol–water partition coefficient (Wildman–Crippen LogP) is 7.36. The van der Waals surface area contributed by atoms with Crippen molar-refractivity contribution in [2.45, 2.75) is 173 Å². The van der Waals surface area contributed by atoms with Gasteiger partial charge in [-0.05, 0) is 75.4 Å². The van der Waals surface area contributed by atoms with E-state index in [1.807, 2.05) is 30.3 Å². The maximum atomic E-state index is 14.8. The summed E-state index contributed by atoms with van der Waals surface area (Å²) in [5.41, 5.74) is 0.538. The van der Waals surface area contributed by atoms with Crippen LogP contribution in [0.15, 0.2) is 72.3 Å². The summed E-state index contributed by atoms with van der Waals surface area (Å²) >= 11 is 0. The summed E-state index contributed by atoms with van der Waals surface area (Å²) in [5, 5.41) is 13.1. The van der Waals surface area contributed by atoms with Crippen LogP contribution in [-0.2, 0) is 58.8 Å². The number of esters is 4. The molecular weight excluding hydrogens is 873 g/mol. The van der Waals surface area contributed by atoms with E-state index in [2.05, 4.69) is 19.2 Å². The number of carbonyl (C=O) groups is 6. The van der Waals surface area contributed by atoms with Gasteiger partial charge in [0.25, 0.3) is 0 Å². The average molecular weight is 945 g/mol. The van der Waals surface area contributed by atoms with Gasteiger partial charge in [0.05, 0.1) is 18.2 Å². The van der Waals surface area contributed by atoms with E-state index in [9.17, 15) is 33.9 Å². The minimum atomic E-state index is -1.04. The van der Waals surface area contributed by atoms with Gasteiger partial charge in [0.15, 0.2) is 5.79 Å². The van der Waals surface area contributed by atoms with E-state index in [1.54, 1.807) is 72.0 Å². The number of ether oxygens (including phenoxy) is 6. The highest BCUT2D eigenvalue weighted by atomic mass is 16.8. The molecule has 0 saturated carbocycles. The van der Waals surface area contributed by atoms with E-state index in [4.69, 9.17) is 28.4 Å². The number of aliphatic hydroxyl groups excluding tert-OH is 1. The fraction of sp³-hybridized carbons (Fsp3) is 0.585. The van der Waals surface area contributed by atoms with Gasteiger partial charge >= 0.3 is 23.9 Å². The fourth-order valence-electron chi connectivity index (χ4n) is 8.58. The summed E-state index contributed by atoms with van der Waals surface area (Å²) in [6.45, 7) is 12.8. The summed E-state index contributed by atoms with van der Waals surface area (Å²) in [7, 11) is 1.54. The van der Waals surface area contributed by atoms with Crippen LogP contribution in [0.5, 0.6) is 0 Å². The van der Waals surface area contributed by atoms with Crippen LogP contribution in [-0.4, -0.2) is 114 Å². The quantitative estimate of drug-likeness (QED) is 0.0486. The Hall–Kier alpha value is -5.38. The molecule has 2 N–H and O–H groups in total. The van der Waals surface area contributed by atoms with E-state index in [0.29, 0.717) is 18.4 Å². The van der Waals surface area contributed by atoms with Gasteiger partial charge < -0.3 is 43.7 Å². The number of nitrogens with one attached hydrogen (secondary N) is 1. The van der Waals surface area contributed by atoms with Crippen LogP contribution in [0, 0.1) is 5.41 Å². The Morgan fingerprint density at radius 1 is 0.926 bits per heavy atom. The third-order valence-corrected chi connectivity index (χ3v) is 12.4. The van der Waals surface area contributed by atoms with E-state index in [-0.39, 0.29) is 43.4 Å². The van der Waals surface area contributed by atoms with E-state index in [0.717, 1.165) is 44.1 Å². The second-order valence-corrected chi connectivity index (χ2v) is 19.8. The zero-order valence-electron chi connectivity index (χ0n) is 41.1. The van der Waals surface area contributed by atoms with Crippen molar-refractivity contribution in [3.05, 3.63) is 89.0 Å². The highest BCUT2D eigenvalue weighted by Gasteiger charge is 2.53. The molecule has 2 heterocycles. The molecule has 2 aromatic rings. The van der Waals surface area contributed by atoms with Crippen molar-refractivity contribution in [1.29, 1.82) is 0 Å². The molecule has 6 unspecified atom stereocenters. The zero-order valence-corrected chi connectivity index (χ0v) is 41.1. The monoisotopic (exact) mass is 945 g/mol. The SMILES string of the molecule is CCCCCC1(CCCCC)OC2C=C(C(=O)N(C)C(Cc3ccccc3)C(=O)NC(CO)CCC(=O)OC(C)(C)C)CC(OC(=O)c3ccc(C=CC(=O)OC4C(=O)OCC4(C)C)cc3)C2O1. The summed E-state index contributed by atoms with van der Waals surface area (Å²) in [5.74, 6) is -4.37. The van der Waals surface area contributed by atoms with Crippen LogP contribution in [0.2, 0.25) is 0 Å². The lowest BCUT2D eigenvalue weighted by atomic mass is 9.90. The van der Waals surface area contributed by atoms with Crippen LogP contribution in [0.4, 0.5) is 0 Å². The molecule has 3 aliphatic rings. The number of unbranched alkanes of at least 4 members (excludes halogenated alkanes) is 4. The maximum Gasteiger partial charge on any atom is 0.348 e. The molecule has 2 amide bonds. The molecule has 2 saturated heterocycles. The zero-order chi connectivity index (χ0) is 49.6. The molecule has 68 heavy (non-hydrogen) atoms. The Morgan fingerprint density at radius 2 is 1.59 bits per heavy atom. The number of benzene rings is 2. The molecule has 15 nitrogen and oxygen atoms in total. The van der Waals surface area contributed by atoms with Gasteiger partial charge in [-0.25, -0.2) is 14.4 Å². The Morgan fingerprint density at radius 3 is 2.18 bits per heavy atom. The Labute approximate surface area is 401 Å². The van der Waals surface area contributed by atoms with Crippen molar-refractivity contribution in [3.8, 4) is 0 Å². The number of hydrogen-bond donors (Lipinski definition) is 2. The highest BCUT2D eigenvalue weighted by Crippen LogP contribution is 2.43. The first-order valence-corrected chi connectivity index (χ1v) is 24.1. The van der Waals surface area contributed by atoms with Gasteiger partial charge in [0.2, 0.25) is 17.9 Å². The van der Waals surface area contributed by atoms with Crippen molar-refractivity contribution >= 4 is 41.8 Å². The number of carbonyl (C=O) groups excluding carboxylic acids is 6. The Kier molecular flexibility index (Phi) is 19.1. The molecule has 0 spiro atoms. The third kappa shape index (κ3) is 15.1. The highest BCUT2D eigenvalue weighted by molar-refractivity contribution is 5.97. The molecule has 15 heteroatoms. The van der Waals surface area contributed by atoms with E-state index >= 15 is 0 Å². The largest absolute Gasteiger partial charge is 0.462 e. The lowest BCUT2D eigenvalue weighted by Gasteiger charge is -2.34. The summed E-state index contributed by atoms with van der Waals surface area (Å²) in [6.07, 6.45) is 8.15. The first kappa shape index (κ1) is 53.6. The number of likely N-dealkylation sites (N-methyl/N-ethyl adjacent to an activating group) is 1. The Bertz CT molecular complexity index is 2100.